The Morgan fingerprint density at radius 2 is 1.77 bits per heavy atom. The normalized spacial score (nSPS) is 11.7. The highest BCUT2D eigenvalue weighted by Crippen LogP contribution is 2.22. The van der Waals surface area contributed by atoms with Crippen LogP contribution < -0.4 is 0 Å². The van der Waals surface area contributed by atoms with E-state index in [2.05, 4.69) is 19.6 Å². The van der Waals surface area contributed by atoms with Crippen LogP contribution in [-0.2, 0) is 34.2 Å². The molecule has 0 spiro atoms. The van der Waals surface area contributed by atoms with Crippen LogP contribution in [0.25, 0.3) is 11.0 Å². The fourth-order valence-electron chi connectivity index (χ4n) is 3.09. The van der Waals surface area contributed by atoms with Gasteiger partial charge in [0.2, 0.25) is 0 Å². The van der Waals surface area contributed by atoms with Crippen LogP contribution in [0.2, 0.25) is 25.7 Å². The summed E-state index contributed by atoms with van der Waals surface area (Å²) < 4.78 is 18.8. The molecule has 0 saturated carbocycles. The lowest BCUT2D eigenvalue weighted by Crippen LogP contribution is -2.22. The lowest BCUT2D eigenvalue weighted by Gasteiger charge is -2.16. The van der Waals surface area contributed by atoms with Crippen LogP contribution in [0, 0.1) is 0 Å². The van der Waals surface area contributed by atoms with Crippen molar-refractivity contribution in [3.05, 3.63) is 65.5 Å². The van der Waals surface area contributed by atoms with Crippen molar-refractivity contribution in [2.75, 3.05) is 13.7 Å². The number of nitrogens with zero attached hydrogens (tertiary/aromatic N) is 2. The maximum absolute atomic E-state index is 12.2. The molecule has 0 bridgehead atoms. The number of benzene rings is 2. The van der Waals surface area contributed by atoms with Crippen molar-refractivity contribution in [1.82, 2.24) is 9.55 Å². The Hall–Kier alpha value is -2.48. The third-order valence-electron chi connectivity index (χ3n) is 4.82. The van der Waals surface area contributed by atoms with Gasteiger partial charge in [-0.2, -0.15) is 0 Å². The SMILES string of the molecule is COC(=O)c1cccc2c1nc(COCc1ccccc1)n2COCC[Si](C)(C)C. The summed E-state index contributed by atoms with van der Waals surface area (Å²) in [7, 11) is 0.207. The highest BCUT2D eigenvalue weighted by atomic mass is 28.3. The van der Waals surface area contributed by atoms with Gasteiger partial charge in [-0.05, 0) is 23.7 Å². The molecule has 0 aliphatic carbocycles. The Morgan fingerprint density at radius 3 is 2.47 bits per heavy atom. The molecule has 0 radical (unpaired) electrons. The van der Waals surface area contributed by atoms with Gasteiger partial charge in [-0.1, -0.05) is 56.0 Å². The number of methoxy groups -OCH3 is 1. The topological polar surface area (TPSA) is 62.6 Å². The summed E-state index contributed by atoms with van der Waals surface area (Å²) in [6, 6.07) is 16.6. The summed E-state index contributed by atoms with van der Waals surface area (Å²) in [5.74, 6) is 0.326. The monoisotopic (exact) mass is 426 g/mol. The molecule has 0 atom stereocenters. The van der Waals surface area contributed by atoms with Gasteiger partial charge in [0.25, 0.3) is 0 Å². The predicted molar refractivity (Wildman–Crippen MR) is 120 cm³/mol. The van der Waals surface area contributed by atoms with E-state index in [9.17, 15) is 4.79 Å². The summed E-state index contributed by atoms with van der Waals surface area (Å²) in [6.45, 7) is 8.87. The van der Waals surface area contributed by atoms with Gasteiger partial charge in [-0.25, -0.2) is 9.78 Å². The number of hydrogen-bond donors (Lipinski definition) is 0. The average molecular weight is 427 g/mol. The standard InChI is InChI=1S/C23H30N2O4Si/c1-27-23(26)19-11-8-12-20-22(19)24-21(16-29-15-18-9-6-5-7-10-18)25(20)17-28-13-14-30(2,3)4/h5-12H,13-17H2,1-4H3. The number of ether oxygens (including phenoxy) is 3. The smallest absolute Gasteiger partial charge is 0.340 e. The lowest BCUT2D eigenvalue weighted by molar-refractivity contribution is 0.0602. The van der Waals surface area contributed by atoms with Crippen LogP contribution in [0.15, 0.2) is 48.5 Å². The largest absolute Gasteiger partial charge is 0.465 e. The highest BCUT2D eigenvalue weighted by molar-refractivity contribution is 6.76. The number of hydrogen-bond acceptors (Lipinski definition) is 5. The van der Waals surface area contributed by atoms with Gasteiger partial charge in [0.1, 0.15) is 24.7 Å². The molecule has 0 unspecified atom stereocenters. The number of imidazole rings is 1. The molecule has 1 heterocycles. The molecule has 3 aromatic rings. The summed E-state index contributed by atoms with van der Waals surface area (Å²) in [5.41, 5.74) is 2.99. The maximum atomic E-state index is 12.2. The van der Waals surface area contributed by atoms with Gasteiger partial charge in [0, 0.05) is 14.7 Å². The van der Waals surface area contributed by atoms with Gasteiger partial charge in [0.05, 0.1) is 24.8 Å². The molecular weight excluding hydrogens is 396 g/mol. The number of carbonyl (C=O) groups excluding carboxylic acids is 1. The number of para-hydroxylation sites is 1. The molecule has 0 aliphatic heterocycles. The molecule has 3 rings (SSSR count). The molecule has 0 saturated heterocycles. The summed E-state index contributed by atoms with van der Waals surface area (Å²) in [6.07, 6.45) is 0. The Balaban J connectivity index is 1.81. The Bertz CT molecular complexity index is 980. The summed E-state index contributed by atoms with van der Waals surface area (Å²) in [5, 5.41) is 0. The molecule has 1 aromatic heterocycles. The van der Waals surface area contributed by atoms with Crippen molar-refractivity contribution in [3.8, 4) is 0 Å². The van der Waals surface area contributed by atoms with Crippen LogP contribution >= 0.6 is 0 Å². The zero-order valence-corrected chi connectivity index (χ0v) is 19.2. The van der Waals surface area contributed by atoms with Gasteiger partial charge < -0.3 is 18.8 Å². The van der Waals surface area contributed by atoms with E-state index in [4.69, 9.17) is 19.2 Å². The third-order valence-corrected chi connectivity index (χ3v) is 6.53. The minimum absolute atomic E-state index is 0.321. The molecule has 0 N–H and O–H groups in total. The van der Waals surface area contributed by atoms with Crippen LogP contribution in [0.1, 0.15) is 21.7 Å². The van der Waals surface area contributed by atoms with Crippen molar-refractivity contribution in [2.45, 2.75) is 45.6 Å². The van der Waals surface area contributed by atoms with E-state index in [0.29, 0.717) is 37.6 Å². The fourth-order valence-corrected chi connectivity index (χ4v) is 3.85. The lowest BCUT2D eigenvalue weighted by atomic mass is 10.2. The van der Waals surface area contributed by atoms with E-state index in [-0.39, 0.29) is 0 Å². The molecule has 0 amide bonds. The molecule has 30 heavy (non-hydrogen) atoms. The predicted octanol–water partition coefficient (Wildman–Crippen LogP) is 4.85. The molecule has 7 heteroatoms. The number of fused-ring (bicyclic) bond motifs is 1. The zero-order chi connectivity index (χ0) is 21.6. The molecule has 6 nitrogen and oxygen atoms in total. The van der Waals surface area contributed by atoms with E-state index in [1.54, 1.807) is 6.07 Å². The van der Waals surface area contributed by atoms with E-state index >= 15 is 0 Å². The van der Waals surface area contributed by atoms with E-state index in [0.717, 1.165) is 22.9 Å². The highest BCUT2D eigenvalue weighted by Gasteiger charge is 2.18. The van der Waals surface area contributed by atoms with Crippen LogP contribution in [-0.4, -0.2) is 37.3 Å². The number of esters is 1. The maximum Gasteiger partial charge on any atom is 0.340 e. The Morgan fingerprint density at radius 1 is 1.00 bits per heavy atom. The van der Waals surface area contributed by atoms with Crippen molar-refractivity contribution >= 4 is 25.1 Å². The molecular formula is C23H30N2O4Si. The molecule has 160 valence electrons. The number of carbonyl (C=O) groups is 1. The number of aromatic nitrogens is 2. The van der Waals surface area contributed by atoms with E-state index in [1.165, 1.54) is 7.11 Å². The first-order valence-electron chi connectivity index (χ1n) is 10.1. The Labute approximate surface area is 178 Å². The fraction of sp³-hybridized carbons (Fsp3) is 0.391. The molecule has 2 aromatic carbocycles. The van der Waals surface area contributed by atoms with Crippen molar-refractivity contribution < 1.29 is 19.0 Å². The molecule has 0 fully saturated rings. The zero-order valence-electron chi connectivity index (χ0n) is 18.2. The van der Waals surface area contributed by atoms with Gasteiger partial charge in [-0.3, -0.25) is 0 Å². The van der Waals surface area contributed by atoms with Gasteiger partial charge in [-0.15, -0.1) is 0 Å². The molecule has 0 aliphatic rings. The van der Waals surface area contributed by atoms with Crippen LogP contribution in [0.5, 0.6) is 0 Å². The summed E-state index contributed by atoms with van der Waals surface area (Å²) in [4.78, 5) is 16.9. The van der Waals surface area contributed by atoms with Crippen LogP contribution in [0.3, 0.4) is 0 Å². The Kier molecular flexibility index (Phi) is 7.41. The number of rotatable bonds is 10. The van der Waals surface area contributed by atoms with Crippen molar-refractivity contribution in [1.29, 1.82) is 0 Å². The second kappa shape index (κ2) is 10.0. The van der Waals surface area contributed by atoms with Crippen LogP contribution in [0.4, 0.5) is 0 Å². The first-order valence-corrected chi connectivity index (χ1v) is 13.9. The van der Waals surface area contributed by atoms with Gasteiger partial charge in [0.15, 0.2) is 0 Å². The first-order chi connectivity index (χ1) is 14.4. The summed E-state index contributed by atoms with van der Waals surface area (Å²) >= 11 is 0. The quantitative estimate of drug-likeness (QED) is 0.263. The second-order valence-corrected chi connectivity index (χ2v) is 14.1. The minimum Gasteiger partial charge on any atom is -0.465 e. The van der Waals surface area contributed by atoms with Crippen molar-refractivity contribution in [3.63, 3.8) is 0 Å². The van der Waals surface area contributed by atoms with Crippen molar-refractivity contribution in [2.24, 2.45) is 0 Å². The second-order valence-electron chi connectivity index (χ2n) is 8.45. The average Bonchev–Trinajstić information content (AvgIpc) is 3.08. The third kappa shape index (κ3) is 5.78. The van der Waals surface area contributed by atoms with E-state index in [1.807, 2.05) is 47.0 Å². The van der Waals surface area contributed by atoms with E-state index < -0.39 is 14.0 Å². The first kappa shape index (κ1) is 22.2. The minimum atomic E-state index is -1.17. The van der Waals surface area contributed by atoms with Gasteiger partial charge >= 0.3 is 5.97 Å².